The van der Waals surface area contributed by atoms with E-state index in [9.17, 15) is 9.59 Å². The normalized spacial score (nSPS) is 10.7. The van der Waals surface area contributed by atoms with E-state index in [1.54, 1.807) is 38.1 Å². The number of pyridine rings is 1. The zero-order valence-corrected chi connectivity index (χ0v) is 13.6. The Morgan fingerprint density at radius 2 is 1.91 bits per heavy atom. The van der Waals surface area contributed by atoms with Crippen molar-refractivity contribution in [1.29, 1.82) is 0 Å². The number of ether oxygens (including phenoxy) is 1. The lowest BCUT2D eigenvalue weighted by molar-refractivity contribution is 0.0515. The summed E-state index contributed by atoms with van der Waals surface area (Å²) in [6.07, 6.45) is 1.51. The van der Waals surface area contributed by atoms with Gasteiger partial charge in [0.1, 0.15) is 6.73 Å². The predicted molar refractivity (Wildman–Crippen MR) is 88.3 cm³/mol. The third kappa shape index (κ3) is 4.15. The number of aromatic nitrogens is 1. The minimum Gasteiger partial charge on any atom is -0.446 e. The zero-order valence-electron chi connectivity index (χ0n) is 12.9. The highest BCUT2D eigenvalue weighted by Gasteiger charge is 2.17. The molecule has 0 aliphatic rings. The van der Waals surface area contributed by atoms with Gasteiger partial charge in [-0.05, 0) is 30.3 Å². The van der Waals surface area contributed by atoms with Crippen molar-refractivity contribution in [3.63, 3.8) is 0 Å². The molecule has 2 rings (SSSR count). The molecule has 1 aromatic carbocycles. The van der Waals surface area contributed by atoms with Gasteiger partial charge in [0.15, 0.2) is 5.78 Å². The average molecular weight is 333 g/mol. The van der Waals surface area contributed by atoms with Crippen LogP contribution in [0.5, 0.6) is 0 Å². The van der Waals surface area contributed by atoms with Crippen LogP contribution in [-0.2, 0) is 4.74 Å². The van der Waals surface area contributed by atoms with E-state index >= 15 is 0 Å². The van der Waals surface area contributed by atoms with Crippen molar-refractivity contribution in [2.24, 2.45) is 11.7 Å². The van der Waals surface area contributed by atoms with E-state index in [4.69, 9.17) is 22.1 Å². The van der Waals surface area contributed by atoms with Crippen LogP contribution in [0.3, 0.4) is 0 Å². The van der Waals surface area contributed by atoms with Crippen LogP contribution in [-0.4, -0.2) is 23.5 Å². The summed E-state index contributed by atoms with van der Waals surface area (Å²) in [6.45, 7) is 3.37. The topological polar surface area (TPSA) is 82.3 Å². The summed E-state index contributed by atoms with van der Waals surface area (Å²) in [4.78, 5) is 28.5. The van der Waals surface area contributed by atoms with Gasteiger partial charge < -0.3 is 4.74 Å². The van der Waals surface area contributed by atoms with Gasteiger partial charge in [-0.3, -0.25) is 15.5 Å². The van der Waals surface area contributed by atoms with Crippen LogP contribution in [0.25, 0.3) is 11.3 Å². The lowest BCUT2D eigenvalue weighted by atomic mass is 9.96. The van der Waals surface area contributed by atoms with Crippen molar-refractivity contribution in [3.8, 4) is 11.3 Å². The lowest BCUT2D eigenvalue weighted by Gasteiger charge is -2.10. The molecule has 2 N–H and O–H groups in total. The third-order valence-corrected chi connectivity index (χ3v) is 3.44. The van der Waals surface area contributed by atoms with Crippen molar-refractivity contribution >= 4 is 23.4 Å². The number of Topliss-reactive ketones (excluding diaryl/α,β-unsaturated/α-hetero) is 1. The second-order valence-electron chi connectivity index (χ2n) is 5.28. The smallest absolute Gasteiger partial charge is 0.339 e. The van der Waals surface area contributed by atoms with Crippen molar-refractivity contribution in [2.45, 2.75) is 13.8 Å². The number of hydrogen-bond acceptors (Lipinski definition) is 5. The van der Waals surface area contributed by atoms with Crippen molar-refractivity contribution < 1.29 is 14.3 Å². The standard InChI is InChI=1S/C17H17ClN2O3/c1-10(2)16(21)12-5-11(15-4-3-14(18)8-20-15)6-13(7-12)17(22)23-9-19/h3-8,10H,9,19H2,1-2H3. The number of halogens is 1. The van der Waals surface area contributed by atoms with E-state index in [-0.39, 0.29) is 24.0 Å². The second kappa shape index (κ2) is 7.35. The lowest BCUT2D eigenvalue weighted by Crippen LogP contribution is -2.14. The number of carbonyl (C=O) groups is 2. The van der Waals surface area contributed by atoms with Gasteiger partial charge in [-0.25, -0.2) is 4.79 Å². The predicted octanol–water partition coefficient (Wildman–Crippen LogP) is 3.31. The minimum atomic E-state index is -0.582. The van der Waals surface area contributed by atoms with Crippen LogP contribution >= 0.6 is 11.6 Å². The number of rotatable bonds is 5. The summed E-state index contributed by atoms with van der Waals surface area (Å²) in [5.41, 5.74) is 7.17. The van der Waals surface area contributed by atoms with Crippen molar-refractivity contribution in [2.75, 3.05) is 6.73 Å². The van der Waals surface area contributed by atoms with Crippen LogP contribution in [0.2, 0.25) is 5.02 Å². The van der Waals surface area contributed by atoms with Crippen LogP contribution in [0, 0.1) is 5.92 Å². The maximum Gasteiger partial charge on any atom is 0.339 e. The summed E-state index contributed by atoms with van der Waals surface area (Å²) in [6, 6.07) is 8.25. The van der Waals surface area contributed by atoms with Gasteiger partial charge in [0.25, 0.3) is 0 Å². The molecule has 0 radical (unpaired) electrons. The van der Waals surface area contributed by atoms with Crippen LogP contribution in [0.4, 0.5) is 0 Å². The SMILES string of the molecule is CC(C)C(=O)c1cc(C(=O)OCN)cc(-c2ccc(Cl)cn2)c1. The third-order valence-electron chi connectivity index (χ3n) is 3.22. The highest BCUT2D eigenvalue weighted by Crippen LogP contribution is 2.24. The zero-order chi connectivity index (χ0) is 17.0. The van der Waals surface area contributed by atoms with E-state index < -0.39 is 5.97 Å². The number of hydrogen-bond donors (Lipinski definition) is 1. The maximum atomic E-state index is 12.3. The molecule has 0 aliphatic carbocycles. The Morgan fingerprint density at radius 1 is 1.22 bits per heavy atom. The van der Waals surface area contributed by atoms with Crippen LogP contribution in [0.1, 0.15) is 34.6 Å². The number of carbonyl (C=O) groups excluding carboxylic acids is 2. The Bertz CT molecular complexity index is 727. The molecular weight excluding hydrogens is 316 g/mol. The molecule has 1 heterocycles. The number of benzene rings is 1. The van der Waals surface area contributed by atoms with E-state index in [0.717, 1.165) is 0 Å². The Hall–Kier alpha value is -2.24. The number of nitrogens with two attached hydrogens (primary N) is 1. The summed E-state index contributed by atoms with van der Waals surface area (Å²) >= 11 is 5.84. The molecule has 0 unspecified atom stereocenters. The molecule has 0 atom stereocenters. The first-order valence-electron chi connectivity index (χ1n) is 7.10. The summed E-state index contributed by atoms with van der Waals surface area (Å²) in [5, 5.41) is 0.505. The molecule has 1 aromatic heterocycles. The fourth-order valence-corrected chi connectivity index (χ4v) is 2.19. The van der Waals surface area contributed by atoms with Gasteiger partial charge >= 0.3 is 5.97 Å². The van der Waals surface area contributed by atoms with Gasteiger partial charge in [0, 0.05) is 23.2 Å². The van der Waals surface area contributed by atoms with E-state index in [1.807, 2.05) is 0 Å². The van der Waals surface area contributed by atoms with Crippen molar-refractivity contribution in [1.82, 2.24) is 4.98 Å². The summed E-state index contributed by atoms with van der Waals surface area (Å²) in [5.74, 6) is -0.842. The Labute approximate surface area is 139 Å². The molecule has 0 saturated carbocycles. The molecule has 0 saturated heterocycles. The fraction of sp³-hybridized carbons (Fsp3) is 0.235. The molecule has 0 spiro atoms. The van der Waals surface area contributed by atoms with E-state index in [2.05, 4.69) is 4.98 Å². The largest absolute Gasteiger partial charge is 0.446 e. The fourth-order valence-electron chi connectivity index (χ4n) is 2.07. The molecule has 5 nitrogen and oxygen atoms in total. The van der Waals surface area contributed by atoms with Gasteiger partial charge in [0.05, 0.1) is 16.3 Å². The molecule has 0 fully saturated rings. The highest BCUT2D eigenvalue weighted by molar-refractivity contribution is 6.30. The molecule has 2 aromatic rings. The first-order chi connectivity index (χ1) is 10.9. The first-order valence-corrected chi connectivity index (χ1v) is 7.48. The van der Waals surface area contributed by atoms with Gasteiger partial charge in [-0.1, -0.05) is 25.4 Å². The van der Waals surface area contributed by atoms with Gasteiger partial charge in [-0.2, -0.15) is 0 Å². The van der Waals surface area contributed by atoms with Crippen molar-refractivity contribution in [3.05, 3.63) is 52.7 Å². The summed E-state index contributed by atoms with van der Waals surface area (Å²) in [7, 11) is 0. The quantitative estimate of drug-likeness (QED) is 0.516. The molecule has 0 bridgehead atoms. The van der Waals surface area contributed by atoms with Crippen LogP contribution in [0.15, 0.2) is 36.5 Å². The van der Waals surface area contributed by atoms with Gasteiger partial charge in [-0.15, -0.1) is 0 Å². The number of ketones is 1. The Kier molecular flexibility index (Phi) is 5.47. The second-order valence-corrected chi connectivity index (χ2v) is 5.71. The number of nitrogens with zero attached hydrogens (tertiary/aromatic N) is 1. The molecule has 0 amide bonds. The molecule has 0 aliphatic heterocycles. The first kappa shape index (κ1) is 17.1. The molecule has 120 valence electrons. The van der Waals surface area contributed by atoms with E-state index in [1.165, 1.54) is 12.3 Å². The van der Waals surface area contributed by atoms with Gasteiger partial charge in [0.2, 0.25) is 0 Å². The summed E-state index contributed by atoms with van der Waals surface area (Å²) < 4.78 is 4.82. The molecule has 23 heavy (non-hydrogen) atoms. The molecular formula is C17H17ClN2O3. The van der Waals surface area contributed by atoms with E-state index in [0.29, 0.717) is 21.8 Å². The molecule has 6 heteroatoms. The Balaban J connectivity index is 2.54. The monoisotopic (exact) mass is 332 g/mol. The highest BCUT2D eigenvalue weighted by atomic mass is 35.5. The maximum absolute atomic E-state index is 12.3. The minimum absolute atomic E-state index is 0.0670. The Morgan fingerprint density at radius 3 is 2.48 bits per heavy atom. The average Bonchev–Trinajstić information content (AvgIpc) is 2.54. The van der Waals surface area contributed by atoms with Crippen LogP contribution < -0.4 is 5.73 Å². The number of esters is 1.